The van der Waals surface area contributed by atoms with Crippen LogP contribution in [0.25, 0.3) is 5.65 Å². The van der Waals surface area contributed by atoms with E-state index in [9.17, 15) is 0 Å². The summed E-state index contributed by atoms with van der Waals surface area (Å²) < 4.78 is 7.16. The van der Waals surface area contributed by atoms with Gasteiger partial charge in [0.05, 0.1) is 12.8 Å². The lowest BCUT2D eigenvalue weighted by atomic mass is 10.0. The maximum Gasteiger partial charge on any atom is 0.157 e. The zero-order valence-electron chi connectivity index (χ0n) is 9.84. The highest BCUT2D eigenvalue weighted by atomic mass is 16.5. The molecular weight excluding hydrogens is 216 g/mol. The summed E-state index contributed by atoms with van der Waals surface area (Å²) in [6.07, 6.45) is 4.80. The molecule has 2 aromatic rings. The summed E-state index contributed by atoms with van der Waals surface area (Å²) in [5.74, 6) is 1.48. The van der Waals surface area contributed by atoms with Crippen LogP contribution >= 0.6 is 0 Å². The van der Waals surface area contributed by atoms with Crippen molar-refractivity contribution in [2.45, 2.75) is 19.4 Å². The van der Waals surface area contributed by atoms with Gasteiger partial charge in [0.25, 0.3) is 0 Å². The minimum atomic E-state index is 0.385. The van der Waals surface area contributed by atoms with Gasteiger partial charge in [-0.05, 0) is 19.4 Å². The fourth-order valence-corrected chi connectivity index (χ4v) is 2.19. The van der Waals surface area contributed by atoms with Crippen molar-refractivity contribution in [1.29, 1.82) is 0 Å². The number of rotatable bonds is 3. The quantitative estimate of drug-likeness (QED) is 0.872. The number of aromatic nitrogens is 3. The summed E-state index contributed by atoms with van der Waals surface area (Å²) >= 11 is 0. The first-order valence-corrected chi connectivity index (χ1v) is 5.97. The molecule has 0 radical (unpaired) electrons. The van der Waals surface area contributed by atoms with Crippen molar-refractivity contribution in [3.63, 3.8) is 0 Å². The molecule has 0 aromatic carbocycles. The van der Waals surface area contributed by atoms with Crippen molar-refractivity contribution in [2.75, 3.05) is 18.5 Å². The summed E-state index contributed by atoms with van der Waals surface area (Å²) in [5, 5.41) is 7.56. The lowest BCUT2D eigenvalue weighted by Gasteiger charge is -2.19. The normalized spacial score (nSPS) is 21.8. The smallest absolute Gasteiger partial charge is 0.157 e. The summed E-state index contributed by atoms with van der Waals surface area (Å²) in [6.45, 7) is 3.91. The Hall–Kier alpha value is -1.62. The Morgan fingerprint density at radius 3 is 3.29 bits per heavy atom. The third-order valence-corrected chi connectivity index (χ3v) is 3.31. The summed E-state index contributed by atoms with van der Waals surface area (Å²) in [6, 6.07) is 4.23. The Kier molecular flexibility index (Phi) is 2.68. The Morgan fingerprint density at radius 1 is 1.53 bits per heavy atom. The van der Waals surface area contributed by atoms with Gasteiger partial charge in [0.2, 0.25) is 0 Å². The number of nitrogens with one attached hydrogen (secondary N) is 1. The molecule has 0 aliphatic carbocycles. The Morgan fingerprint density at radius 2 is 2.47 bits per heavy atom. The molecule has 0 bridgehead atoms. The molecule has 2 unspecified atom stereocenters. The Labute approximate surface area is 99.8 Å². The largest absolute Gasteiger partial charge is 0.381 e. The van der Waals surface area contributed by atoms with Crippen LogP contribution in [0, 0.1) is 5.92 Å². The lowest BCUT2D eigenvalue weighted by Crippen LogP contribution is -2.26. The van der Waals surface area contributed by atoms with Crippen LogP contribution in [0.15, 0.2) is 24.5 Å². The van der Waals surface area contributed by atoms with Crippen LogP contribution in [0.3, 0.4) is 0 Å². The van der Waals surface area contributed by atoms with Crippen molar-refractivity contribution in [2.24, 2.45) is 5.92 Å². The van der Waals surface area contributed by atoms with Gasteiger partial charge in [-0.1, -0.05) is 0 Å². The van der Waals surface area contributed by atoms with Gasteiger partial charge in [-0.15, -0.1) is 0 Å². The van der Waals surface area contributed by atoms with Gasteiger partial charge >= 0.3 is 0 Å². The highest BCUT2D eigenvalue weighted by molar-refractivity contribution is 5.45. The molecule has 2 atom stereocenters. The van der Waals surface area contributed by atoms with Crippen LogP contribution in [-0.2, 0) is 4.74 Å². The minimum absolute atomic E-state index is 0.385. The second kappa shape index (κ2) is 4.33. The van der Waals surface area contributed by atoms with Crippen molar-refractivity contribution in [3.05, 3.63) is 24.5 Å². The minimum Gasteiger partial charge on any atom is -0.381 e. The van der Waals surface area contributed by atoms with E-state index in [4.69, 9.17) is 4.74 Å². The topological polar surface area (TPSA) is 51.5 Å². The summed E-state index contributed by atoms with van der Waals surface area (Å²) in [5.41, 5.74) is 0.866. The standard InChI is InChI=1S/C12H16N4O/c1-9(10-4-7-17-8-10)14-11-3-6-16-12(15-11)2-5-13-16/h2-3,5-6,9-10H,4,7-8H2,1H3,(H,14,15). The molecule has 0 spiro atoms. The molecule has 1 aliphatic heterocycles. The molecule has 1 fully saturated rings. The molecule has 5 nitrogen and oxygen atoms in total. The molecule has 3 rings (SSSR count). The monoisotopic (exact) mass is 232 g/mol. The van der Waals surface area contributed by atoms with Crippen molar-refractivity contribution >= 4 is 11.5 Å². The SMILES string of the molecule is CC(Nc1ccn2nccc2n1)C1CCOC1. The first-order chi connectivity index (χ1) is 8.33. The maximum absolute atomic E-state index is 5.40. The zero-order chi connectivity index (χ0) is 11.7. The predicted octanol–water partition coefficient (Wildman–Crippen LogP) is 1.57. The van der Waals surface area contributed by atoms with E-state index in [1.54, 1.807) is 10.7 Å². The fraction of sp³-hybridized carbons (Fsp3) is 0.500. The van der Waals surface area contributed by atoms with Gasteiger partial charge in [-0.2, -0.15) is 5.10 Å². The van der Waals surface area contributed by atoms with Crippen LogP contribution in [0.5, 0.6) is 0 Å². The van der Waals surface area contributed by atoms with Gasteiger partial charge in [-0.25, -0.2) is 9.50 Å². The highest BCUT2D eigenvalue weighted by Gasteiger charge is 2.22. The van der Waals surface area contributed by atoms with Crippen LogP contribution in [0.1, 0.15) is 13.3 Å². The second-order valence-electron chi connectivity index (χ2n) is 4.50. The summed E-state index contributed by atoms with van der Waals surface area (Å²) in [7, 11) is 0. The maximum atomic E-state index is 5.40. The molecule has 0 saturated carbocycles. The van der Waals surface area contributed by atoms with Crippen molar-refractivity contribution < 1.29 is 4.74 Å². The van der Waals surface area contributed by atoms with E-state index in [0.29, 0.717) is 12.0 Å². The second-order valence-corrected chi connectivity index (χ2v) is 4.50. The van der Waals surface area contributed by atoms with Crippen LogP contribution in [-0.4, -0.2) is 33.9 Å². The van der Waals surface area contributed by atoms with Crippen LogP contribution < -0.4 is 5.32 Å². The van der Waals surface area contributed by atoms with Crippen molar-refractivity contribution in [3.8, 4) is 0 Å². The zero-order valence-corrected chi connectivity index (χ0v) is 9.84. The Balaban J connectivity index is 1.74. The number of hydrogen-bond donors (Lipinski definition) is 1. The van der Waals surface area contributed by atoms with Crippen LogP contribution in [0.2, 0.25) is 0 Å². The fourth-order valence-electron chi connectivity index (χ4n) is 2.19. The van der Waals surface area contributed by atoms with Gasteiger partial charge in [-0.3, -0.25) is 0 Å². The number of nitrogens with zero attached hydrogens (tertiary/aromatic N) is 3. The lowest BCUT2D eigenvalue weighted by molar-refractivity contribution is 0.183. The molecule has 3 heterocycles. The van der Waals surface area contributed by atoms with E-state index < -0.39 is 0 Å². The van der Waals surface area contributed by atoms with E-state index in [-0.39, 0.29) is 0 Å². The van der Waals surface area contributed by atoms with E-state index in [1.165, 1.54) is 0 Å². The number of anilines is 1. The van der Waals surface area contributed by atoms with E-state index in [2.05, 4.69) is 22.3 Å². The molecule has 90 valence electrons. The van der Waals surface area contributed by atoms with Gasteiger partial charge in [0.1, 0.15) is 5.82 Å². The number of fused-ring (bicyclic) bond motifs is 1. The number of ether oxygens (including phenoxy) is 1. The molecule has 2 aromatic heterocycles. The van der Waals surface area contributed by atoms with Gasteiger partial charge < -0.3 is 10.1 Å². The third-order valence-electron chi connectivity index (χ3n) is 3.31. The molecular formula is C12H16N4O. The molecule has 17 heavy (non-hydrogen) atoms. The van der Waals surface area contributed by atoms with Gasteiger partial charge in [0.15, 0.2) is 5.65 Å². The summed E-state index contributed by atoms with van der Waals surface area (Å²) in [4.78, 5) is 4.50. The first kappa shape index (κ1) is 10.5. The molecule has 1 aliphatic rings. The van der Waals surface area contributed by atoms with E-state index in [1.807, 2.05) is 18.3 Å². The van der Waals surface area contributed by atoms with Crippen molar-refractivity contribution in [1.82, 2.24) is 14.6 Å². The average molecular weight is 232 g/mol. The first-order valence-electron chi connectivity index (χ1n) is 5.97. The third kappa shape index (κ3) is 2.10. The Bertz CT molecular complexity index is 504. The molecule has 1 saturated heterocycles. The molecule has 5 heteroatoms. The van der Waals surface area contributed by atoms with Crippen LogP contribution in [0.4, 0.5) is 5.82 Å². The predicted molar refractivity (Wildman–Crippen MR) is 65.0 cm³/mol. The van der Waals surface area contributed by atoms with Gasteiger partial charge in [0, 0.05) is 30.8 Å². The highest BCUT2D eigenvalue weighted by Crippen LogP contribution is 2.19. The number of hydrogen-bond acceptors (Lipinski definition) is 4. The average Bonchev–Trinajstić information content (AvgIpc) is 2.99. The molecule has 1 N–H and O–H groups in total. The van der Waals surface area contributed by atoms with E-state index in [0.717, 1.165) is 31.1 Å². The van der Waals surface area contributed by atoms with E-state index >= 15 is 0 Å². The molecule has 0 amide bonds.